The molecule has 5 N–H and O–H groups in total. The molecule has 3 heterocycles. The number of aliphatic hydroxyl groups excluding tert-OH is 1. The van der Waals surface area contributed by atoms with E-state index in [0.29, 0.717) is 43.3 Å². The highest BCUT2D eigenvalue weighted by molar-refractivity contribution is 5.81. The van der Waals surface area contributed by atoms with Crippen LogP contribution < -0.4 is 16.2 Å². The van der Waals surface area contributed by atoms with Gasteiger partial charge in [0.05, 0.1) is 13.0 Å². The quantitative estimate of drug-likeness (QED) is 0.188. The molecule has 1 aromatic carbocycles. The van der Waals surface area contributed by atoms with Crippen molar-refractivity contribution in [2.45, 2.75) is 71.0 Å². The molecule has 0 radical (unpaired) electrons. The number of anilines is 1. The third-order valence-corrected chi connectivity index (χ3v) is 7.62. The smallest absolute Gasteiger partial charge is 0.327 e. The lowest BCUT2D eigenvalue weighted by molar-refractivity contribution is -0.136. The summed E-state index contributed by atoms with van der Waals surface area (Å²) in [4.78, 5) is 40.4. The first kappa shape index (κ1) is 30.5. The maximum absolute atomic E-state index is 12.8. The SMILES string of the molecule is CCCCOc1nc(N)c2[nH]c(=O)n(CCCN(Cc3cccc(CC(=O)O)c3)C3CCN(CCCO)CC3)c2n1. The number of nitrogen functional groups attached to an aromatic ring is 1. The molecule has 2 aromatic heterocycles. The summed E-state index contributed by atoms with van der Waals surface area (Å²) in [6.07, 6.45) is 5.36. The Morgan fingerprint density at radius 1 is 1.17 bits per heavy atom. The highest BCUT2D eigenvalue weighted by atomic mass is 16.5. The molecule has 12 nitrogen and oxygen atoms in total. The number of unbranched alkanes of at least 4 members (excludes halogenated alkanes) is 1. The number of aryl methyl sites for hydroxylation is 1. The average Bonchev–Trinajstić information content (AvgIpc) is 3.27. The minimum absolute atomic E-state index is 0.00426. The number of carboxylic acids is 1. The number of aromatic nitrogens is 4. The van der Waals surface area contributed by atoms with Crippen LogP contribution in [0.5, 0.6) is 6.01 Å². The van der Waals surface area contributed by atoms with Crippen LogP contribution in [-0.4, -0.2) is 90.9 Å². The van der Waals surface area contributed by atoms with Crippen LogP contribution in [0.3, 0.4) is 0 Å². The molecule has 224 valence electrons. The van der Waals surface area contributed by atoms with Crippen molar-refractivity contribution in [3.05, 3.63) is 45.9 Å². The summed E-state index contributed by atoms with van der Waals surface area (Å²) in [5.41, 5.74) is 8.55. The van der Waals surface area contributed by atoms with E-state index in [1.54, 1.807) is 4.57 Å². The Balaban J connectivity index is 1.47. The number of H-pyrrole nitrogens is 1. The molecule has 4 rings (SSSR count). The minimum atomic E-state index is -0.846. The number of imidazole rings is 1. The third-order valence-electron chi connectivity index (χ3n) is 7.62. The first-order chi connectivity index (χ1) is 19.9. The summed E-state index contributed by atoms with van der Waals surface area (Å²) in [5, 5.41) is 18.4. The number of piperidine rings is 1. The molecule has 1 fully saturated rings. The number of hydrogen-bond acceptors (Lipinski definition) is 9. The van der Waals surface area contributed by atoms with Gasteiger partial charge in [0.1, 0.15) is 5.52 Å². The Kier molecular flexibility index (Phi) is 11.1. The van der Waals surface area contributed by atoms with Crippen LogP contribution in [-0.2, 0) is 24.3 Å². The summed E-state index contributed by atoms with van der Waals surface area (Å²) in [5.74, 6) is -0.657. The van der Waals surface area contributed by atoms with Crippen molar-refractivity contribution in [2.24, 2.45) is 0 Å². The number of ether oxygens (including phenoxy) is 1. The molecule has 0 bridgehead atoms. The number of nitrogens with one attached hydrogen (secondary N) is 1. The Bertz CT molecular complexity index is 1330. The van der Waals surface area contributed by atoms with Crippen molar-refractivity contribution in [3.63, 3.8) is 0 Å². The van der Waals surface area contributed by atoms with Gasteiger partial charge >= 0.3 is 17.7 Å². The zero-order valence-electron chi connectivity index (χ0n) is 23.9. The van der Waals surface area contributed by atoms with E-state index in [2.05, 4.69) is 31.7 Å². The Labute approximate surface area is 240 Å². The fourth-order valence-electron chi connectivity index (χ4n) is 5.48. The molecular weight excluding hydrogens is 526 g/mol. The maximum Gasteiger partial charge on any atom is 0.327 e. The lowest BCUT2D eigenvalue weighted by Crippen LogP contribution is -2.45. The van der Waals surface area contributed by atoms with E-state index in [9.17, 15) is 19.8 Å². The van der Waals surface area contributed by atoms with Gasteiger partial charge in [-0.1, -0.05) is 37.6 Å². The van der Waals surface area contributed by atoms with E-state index < -0.39 is 5.97 Å². The molecule has 0 aliphatic carbocycles. The van der Waals surface area contributed by atoms with Gasteiger partial charge in [-0.25, -0.2) is 4.79 Å². The number of nitrogens with zero attached hydrogens (tertiary/aromatic N) is 5. The zero-order valence-corrected chi connectivity index (χ0v) is 23.9. The average molecular weight is 570 g/mol. The van der Waals surface area contributed by atoms with Crippen LogP contribution in [0.4, 0.5) is 5.82 Å². The number of likely N-dealkylation sites (tertiary alicyclic amines) is 1. The number of aliphatic hydroxyl groups is 1. The second-order valence-electron chi connectivity index (χ2n) is 10.7. The van der Waals surface area contributed by atoms with Crippen LogP contribution >= 0.6 is 0 Å². The standard InChI is InChI=1S/C29H43N7O5/c1-2-3-17-41-28-32-26(30)25-27(33-28)36(29(40)31-25)13-5-12-35(23-9-14-34(15-10-23)11-6-16-37)20-22-8-4-7-21(18-22)19-24(38)39/h4,7-8,18,23,37H,2-3,5-6,9-17,19-20H2,1H3,(H,31,40)(H,38,39)(H2,30,32,33). The lowest BCUT2D eigenvalue weighted by Gasteiger charge is -2.38. The van der Waals surface area contributed by atoms with Crippen molar-refractivity contribution >= 4 is 23.0 Å². The maximum atomic E-state index is 12.8. The Hall–Kier alpha value is -3.48. The summed E-state index contributed by atoms with van der Waals surface area (Å²) in [6.45, 7) is 7.51. The zero-order chi connectivity index (χ0) is 29.2. The van der Waals surface area contributed by atoms with Crippen molar-refractivity contribution in [3.8, 4) is 6.01 Å². The highest BCUT2D eigenvalue weighted by Gasteiger charge is 2.25. The molecule has 1 aliphatic rings. The Morgan fingerprint density at radius 2 is 1.95 bits per heavy atom. The van der Waals surface area contributed by atoms with E-state index >= 15 is 0 Å². The monoisotopic (exact) mass is 569 g/mol. The number of rotatable bonds is 16. The number of benzene rings is 1. The number of nitrogens with two attached hydrogens (primary N) is 1. The van der Waals surface area contributed by atoms with Gasteiger partial charge in [0.2, 0.25) is 0 Å². The molecular formula is C29H43N7O5. The first-order valence-corrected chi connectivity index (χ1v) is 14.6. The minimum Gasteiger partial charge on any atom is -0.481 e. The lowest BCUT2D eigenvalue weighted by atomic mass is 10.0. The molecule has 12 heteroatoms. The summed E-state index contributed by atoms with van der Waals surface area (Å²) in [6, 6.07) is 8.31. The van der Waals surface area contributed by atoms with Crippen LogP contribution in [0.2, 0.25) is 0 Å². The second kappa shape index (κ2) is 14.9. The van der Waals surface area contributed by atoms with Gasteiger partial charge < -0.3 is 30.6 Å². The van der Waals surface area contributed by atoms with Crippen LogP contribution in [0.15, 0.2) is 29.1 Å². The molecule has 0 amide bonds. The van der Waals surface area contributed by atoms with Gasteiger partial charge in [0, 0.05) is 38.8 Å². The molecule has 1 saturated heterocycles. The van der Waals surface area contributed by atoms with Crippen molar-refractivity contribution in [1.82, 2.24) is 29.3 Å². The van der Waals surface area contributed by atoms with E-state index in [0.717, 1.165) is 69.4 Å². The van der Waals surface area contributed by atoms with Crippen molar-refractivity contribution in [1.29, 1.82) is 0 Å². The van der Waals surface area contributed by atoms with Gasteiger partial charge in [-0.05, 0) is 56.3 Å². The largest absolute Gasteiger partial charge is 0.481 e. The third kappa shape index (κ3) is 8.51. The molecule has 0 unspecified atom stereocenters. The summed E-state index contributed by atoms with van der Waals surface area (Å²) >= 11 is 0. The number of fused-ring (bicyclic) bond motifs is 1. The normalized spacial score (nSPS) is 14.7. The Morgan fingerprint density at radius 3 is 2.68 bits per heavy atom. The van der Waals surface area contributed by atoms with E-state index in [1.165, 1.54) is 0 Å². The van der Waals surface area contributed by atoms with Gasteiger partial charge in [0.25, 0.3) is 0 Å². The number of aliphatic carboxylic acids is 1. The van der Waals surface area contributed by atoms with Gasteiger partial charge in [0.15, 0.2) is 11.5 Å². The van der Waals surface area contributed by atoms with Gasteiger partial charge in [-0.15, -0.1) is 0 Å². The van der Waals surface area contributed by atoms with Crippen molar-refractivity contribution < 1.29 is 19.7 Å². The number of carbonyl (C=O) groups is 1. The number of aromatic amines is 1. The summed E-state index contributed by atoms with van der Waals surface area (Å²) in [7, 11) is 0. The van der Waals surface area contributed by atoms with E-state index in [4.69, 9.17) is 10.5 Å². The molecule has 0 atom stereocenters. The highest BCUT2D eigenvalue weighted by Crippen LogP contribution is 2.22. The number of carboxylic acid groups (broad SMARTS) is 1. The summed E-state index contributed by atoms with van der Waals surface area (Å²) < 4.78 is 7.26. The molecule has 3 aromatic rings. The molecule has 41 heavy (non-hydrogen) atoms. The fraction of sp³-hybridized carbons (Fsp3) is 0.586. The van der Waals surface area contributed by atoms with E-state index in [1.807, 2.05) is 24.3 Å². The number of hydrogen-bond donors (Lipinski definition) is 4. The predicted molar refractivity (Wildman–Crippen MR) is 157 cm³/mol. The van der Waals surface area contributed by atoms with Gasteiger partial charge in [-0.3, -0.25) is 14.3 Å². The van der Waals surface area contributed by atoms with Gasteiger partial charge in [-0.2, -0.15) is 9.97 Å². The van der Waals surface area contributed by atoms with Crippen LogP contribution in [0, 0.1) is 0 Å². The molecule has 0 saturated carbocycles. The van der Waals surface area contributed by atoms with Crippen molar-refractivity contribution in [2.75, 3.05) is 45.1 Å². The van der Waals surface area contributed by atoms with Crippen LogP contribution in [0.25, 0.3) is 11.2 Å². The molecule has 0 spiro atoms. The fourth-order valence-corrected chi connectivity index (χ4v) is 5.48. The van der Waals surface area contributed by atoms with Crippen LogP contribution in [0.1, 0.15) is 56.6 Å². The topological polar surface area (TPSA) is 163 Å². The first-order valence-electron chi connectivity index (χ1n) is 14.6. The predicted octanol–water partition coefficient (Wildman–Crippen LogP) is 2.25. The molecule has 1 aliphatic heterocycles. The second-order valence-corrected chi connectivity index (χ2v) is 10.7. The van der Waals surface area contributed by atoms with E-state index in [-0.39, 0.29) is 30.5 Å².